The Kier molecular flexibility index (Phi) is 5.58. The lowest BCUT2D eigenvalue weighted by atomic mass is 10.2. The minimum Gasteiger partial charge on any atom is -0.457 e. The average Bonchev–Trinajstić information content (AvgIpc) is 3.23. The first-order valence-corrected chi connectivity index (χ1v) is 10.1. The number of benzene rings is 3. The Morgan fingerprint density at radius 1 is 0.931 bits per heavy atom. The number of anilines is 1. The van der Waals surface area contributed by atoms with Gasteiger partial charge < -0.3 is 9.15 Å². The van der Waals surface area contributed by atoms with Gasteiger partial charge in [0.05, 0.1) is 0 Å². The Balaban J connectivity index is 1.45. The number of hydrogen-bond acceptors (Lipinski definition) is 6. The quantitative estimate of drug-likeness (QED) is 0.428. The lowest BCUT2D eigenvalue weighted by Crippen LogP contribution is -2.12. The normalized spacial score (nSPS) is 10.5. The van der Waals surface area contributed by atoms with Crippen LogP contribution in [0.25, 0.3) is 11.5 Å². The van der Waals surface area contributed by atoms with Crippen LogP contribution in [0.3, 0.4) is 0 Å². The molecule has 1 heterocycles. The second-order valence-electron chi connectivity index (χ2n) is 6.04. The number of carbonyl (C=O) groups is 1. The molecule has 0 bridgehead atoms. The average molecular weight is 403 g/mol. The van der Waals surface area contributed by atoms with Crippen LogP contribution in [-0.4, -0.2) is 22.4 Å². The number of hydrogen-bond donors (Lipinski definition) is 1. The van der Waals surface area contributed by atoms with Crippen LogP contribution in [0.1, 0.15) is 10.4 Å². The number of carbonyl (C=O) groups excluding carboxylic acids is 1. The molecule has 0 aliphatic heterocycles. The molecule has 0 saturated carbocycles. The minimum absolute atomic E-state index is 0.0355. The summed E-state index contributed by atoms with van der Waals surface area (Å²) in [5.74, 6) is 1.23. The molecule has 0 radical (unpaired) electrons. The highest BCUT2D eigenvalue weighted by atomic mass is 32.2. The molecule has 0 aliphatic carbocycles. The molecule has 144 valence electrons. The van der Waals surface area contributed by atoms with Gasteiger partial charge in [-0.25, -0.2) is 0 Å². The van der Waals surface area contributed by atoms with E-state index < -0.39 is 0 Å². The first-order chi connectivity index (χ1) is 14.2. The molecule has 3 aromatic carbocycles. The van der Waals surface area contributed by atoms with Gasteiger partial charge in [-0.3, -0.25) is 10.1 Å². The maximum Gasteiger partial charge on any atom is 0.322 e. The monoisotopic (exact) mass is 403 g/mol. The van der Waals surface area contributed by atoms with Crippen molar-refractivity contribution in [1.82, 2.24) is 10.2 Å². The molecule has 0 unspecified atom stereocenters. The molecule has 0 aliphatic rings. The van der Waals surface area contributed by atoms with Crippen molar-refractivity contribution in [3.05, 3.63) is 84.4 Å². The van der Waals surface area contributed by atoms with Crippen molar-refractivity contribution in [2.45, 2.75) is 4.90 Å². The lowest BCUT2D eigenvalue weighted by molar-refractivity contribution is 0.102. The van der Waals surface area contributed by atoms with Gasteiger partial charge in [-0.2, -0.15) is 0 Å². The Morgan fingerprint density at radius 2 is 1.69 bits per heavy atom. The molecule has 0 atom stereocenters. The van der Waals surface area contributed by atoms with Crippen molar-refractivity contribution < 1.29 is 13.9 Å². The van der Waals surface area contributed by atoms with Crippen molar-refractivity contribution in [1.29, 1.82) is 0 Å². The largest absolute Gasteiger partial charge is 0.457 e. The second kappa shape index (κ2) is 8.62. The third-order valence-corrected chi connectivity index (χ3v) is 4.80. The predicted octanol–water partition coefficient (Wildman–Crippen LogP) is 5.50. The minimum atomic E-state index is -0.364. The van der Waals surface area contributed by atoms with E-state index in [9.17, 15) is 4.79 Å². The van der Waals surface area contributed by atoms with Gasteiger partial charge in [0.2, 0.25) is 5.89 Å². The van der Waals surface area contributed by atoms with E-state index in [1.165, 1.54) is 0 Å². The Morgan fingerprint density at radius 3 is 2.45 bits per heavy atom. The molecule has 4 aromatic rings. The Hall–Kier alpha value is -3.58. The van der Waals surface area contributed by atoms with E-state index >= 15 is 0 Å². The zero-order valence-electron chi connectivity index (χ0n) is 15.5. The number of thioether (sulfide) groups is 1. The molecule has 1 aromatic heterocycles. The first-order valence-electron chi connectivity index (χ1n) is 8.83. The SMILES string of the molecule is CSc1ccc(-c2nnc(NC(=O)c3cccc(Oc4ccccc4)c3)o2)cc1. The van der Waals surface area contributed by atoms with Crippen LogP contribution in [0.15, 0.2) is 88.2 Å². The summed E-state index contributed by atoms with van der Waals surface area (Å²) in [6, 6.07) is 24.0. The third kappa shape index (κ3) is 4.64. The number of nitrogens with zero attached hydrogens (tertiary/aromatic N) is 2. The van der Waals surface area contributed by atoms with E-state index in [1.54, 1.807) is 36.0 Å². The summed E-state index contributed by atoms with van der Waals surface area (Å²) in [5, 5.41) is 10.5. The highest BCUT2D eigenvalue weighted by molar-refractivity contribution is 7.98. The van der Waals surface area contributed by atoms with Gasteiger partial charge in [0.1, 0.15) is 11.5 Å². The number of nitrogens with one attached hydrogen (secondary N) is 1. The van der Waals surface area contributed by atoms with Crippen LogP contribution in [0, 0.1) is 0 Å². The van der Waals surface area contributed by atoms with Gasteiger partial charge in [0, 0.05) is 16.0 Å². The Bertz CT molecular complexity index is 1110. The topological polar surface area (TPSA) is 77.2 Å². The second-order valence-corrected chi connectivity index (χ2v) is 6.92. The van der Waals surface area contributed by atoms with Gasteiger partial charge in [-0.15, -0.1) is 16.9 Å². The molecular weight excluding hydrogens is 386 g/mol. The maximum atomic E-state index is 12.6. The molecule has 7 heteroatoms. The summed E-state index contributed by atoms with van der Waals surface area (Å²) < 4.78 is 11.3. The third-order valence-electron chi connectivity index (χ3n) is 4.06. The molecule has 0 spiro atoms. The van der Waals surface area contributed by atoms with Crippen molar-refractivity contribution in [2.24, 2.45) is 0 Å². The number of para-hydroxylation sites is 1. The van der Waals surface area contributed by atoms with Crippen LogP contribution in [-0.2, 0) is 0 Å². The number of aromatic nitrogens is 2. The number of rotatable bonds is 6. The van der Waals surface area contributed by atoms with Gasteiger partial charge in [-0.1, -0.05) is 29.4 Å². The zero-order chi connectivity index (χ0) is 20.1. The molecular formula is C22H17N3O3S. The van der Waals surface area contributed by atoms with Crippen LogP contribution in [0.5, 0.6) is 11.5 Å². The van der Waals surface area contributed by atoms with Gasteiger partial charge >= 0.3 is 6.01 Å². The molecule has 0 saturated heterocycles. The maximum absolute atomic E-state index is 12.6. The first kappa shape index (κ1) is 18.8. The van der Waals surface area contributed by atoms with Crippen molar-refractivity contribution in [2.75, 3.05) is 11.6 Å². The Labute approximate surface area is 171 Å². The van der Waals surface area contributed by atoms with Crippen molar-refractivity contribution >= 4 is 23.7 Å². The van der Waals surface area contributed by atoms with E-state index in [-0.39, 0.29) is 11.9 Å². The molecule has 1 N–H and O–H groups in total. The smallest absolute Gasteiger partial charge is 0.322 e. The van der Waals surface area contributed by atoms with Crippen molar-refractivity contribution in [3.63, 3.8) is 0 Å². The molecule has 0 fully saturated rings. The molecule has 4 rings (SSSR count). The summed E-state index contributed by atoms with van der Waals surface area (Å²) in [5.41, 5.74) is 1.21. The molecule has 1 amide bonds. The van der Waals surface area contributed by atoms with Crippen molar-refractivity contribution in [3.8, 4) is 23.0 Å². The van der Waals surface area contributed by atoms with Gasteiger partial charge in [0.25, 0.3) is 5.91 Å². The van der Waals surface area contributed by atoms with Gasteiger partial charge in [0.15, 0.2) is 0 Å². The van der Waals surface area contributed by atoms with E-state index in [1.807, 2.05) is 60.9 Å². The summed E-state index contributed by atoms with van der Waals surface area (Å²) in [6.45, 7) is 0. The van der Waals surface area contributed by atoms with E-state index in [0.717, 1.165) is 10.5 Å². The molecule has 6 nitrogen and oxygen atoms in total. The lowest BCUT2D eigenvalue weighted by Gasteiger charge is -2.07. The summed E-state index contributed by atoms with van der Waals surface area (Å²) in [6.07, 6.45) is 2.01. The molecule has 29 heavy (non-hydrogen) atoms. The summed E-state index contributed by atoms with van der Waals surface area (Å²) in [4.78, 5) is 13.7. The highest BCUT2D eigenvalue weighted by Gasteiger charge is 2.13. The van der Waals surface area contributed by atoms with E-state index in [4.69, 9.17) is 9.15 Å². The zero-order valence-corrected chi connectivity index (χ0v) is 16.3. The van der Waals surface area contributed by atoms with Gasteiger partial charge in [-0.05, 0) is 60.9 Å². The van der Waals surface area contributed by atoms with Crippen LogP contribution < -0.4 is 10.1 Å². The number of amides is 1. The summed E-state index contributed by atoms with van der Waals surface area (Å²) in [7, 11) is 0. The number of ether oxygens (including phenoxy) is 1. The fourth-order valence-corrected chi connectivity index (χ4v) is 3.03. The van der Waals surface area contributed by atoms with Crippen LogP contribution in [0.4, 0.5) is 6.01 Å². The predicted molar refractivity (Wildman–Crippen MR) is 112 cm³/mol. The van der Waals surface area contributed by atoms with Crippen LogP contribution in [0.2, 0.25) is 0 Å². The fourth-order valence-electron chi connectivity index (χ4n) is 2.62. The van der Waals surface area contributed by atoms with E-state index in [0.29, 0.717) is 23.0 Å². The standard InChI is InChI=1S/C22H17N3O3S/c1-29-19-12-10-15(11-13-19)21-24-25-22(28-21)23-20(26)16-6-5-9-18(14-16)27-17-7-3-2-4-8-17/h2-14H,1H3,(H,23,25,26). The summed E-state index contributed by atoms with van der Waals surface area (Å²) >= 11 is 1.65. The fraction of sp³-hybridized carbons (Fsp3) is 0.0455. The van der Waals surface area contributed by atoms with Crippen LogP contribution >= 0.6 is 11.8 Å². The highest BCUT2D eigenvalue weighted by Crippen LogP contribution is 2.24. The van der Waals surface area contributed by atoms with E-state index in [2.05, 4.69) is 15.5 Å².